The molecule has 0 unspecified atom stereocenters. The lowest BCUT2D eigenvalue weighted by Crippen LogP contribution is -2.28. The van der Waals surface area contributed by atoms with E-state index in [2.05, 4.69) is 27.9 Å². The molecule has 1 aliphatic rings. The normalized spacial score (nSPS) is 12.4. The number of amides is 2. The minimum atomic E-state index is -0.128. The van der Waals surface area contributed by atoms with Crippen LogP contribution in [0.4, 0.5) is 5.82 Å². The minimum absolute atomic E-state index is 0.0403. The maximum absolute atomic E-state index is 12.6. The lowest BCUT2D eigenvalue weighted by atomic mass is 10.1. The van der Waals surface area contributed by atoms with Gasteiger partial charge in [0.1, 0.15) is 12.4 Å². The Morgan fingerprint density at radius 1 is 0.935 bits per heavy atom. The van der Waals surface area contributed by atoms with Gasteiger partial charge in [0.05, 0.1) is 5.69 Å². The molecule has 7 heteroatoms. The van der Waals surface area contributed by atoms with Crippen molar-refractivity contribution >= 4 is 29.4 Å². The summed E-state index contributed by atoms with van der Waals surface area (Å²) in [4.78, 5) is 25.1. The molecule has 2 heterocycles. The Kier molecular flexibility index (Phi) is 7.04. The van der Waals surface area contributed by atoms with E-state index in [1.54, 1.807) is 16.4 Å². The highest BCUT2D eigenvalue weighted by molar-refractivity contribution is 7.98. The Hall–Kier alpha value is -3.06. The molecule has 2 N–H and O–H groups in total. The van der Waals surface area contributed by atoms with E-state index >= 15 is 0 Å². The van der Waals surface area contributed by atoms with Crippen molar-refractivity contribution in [1.82, 2.24) is 15.1 Å². The molecule has 160 valence electrons. The highest BCUT2D eigenvalue weighted by Crippen LogP contribution is 2.34. The van der Waals surface area contributed by atoms with Gasteiger partial charge in [-0.2, -0.15) is 16.9 Å². The zero-order valence-electron chi connectivity index (χ0n) is 17.3. The topological polar surface area (TPSA) is 76.0 Å². The molecular weight excluding hydrogens is 408 g/mol. The van der Waals surface area contributed by atoms with Crippen LogP contribution < -0.4 is 10.6 Å². The number of anilines is 1. The van der Waals surface area contributed by atoms with Crippen LogP contribution in [-0.4, -0.2) is 21.6 Å². The standard InChI is InChI=1S/C24H26N4O2S/c29-22(13-7-12-18-8-3-1-4-9-18)26-24-20-16-31-17-21(20)27-28(24)15-23(30)25-14-19-10-5-2-6-11-19/h1-6,8-11H,7,12-17H2,(H,25,30)(H,26,29). The summed E-state index contributed by atoms with van der Waals surface area (Å²) in [6.45, 7) is 0.557. The van der Waals surface area contributed by atoms with Crippen molar-refractivity contribution in [3.05, 3.63) is 83.0 Å². The summed E-state index contributed by atoms with van der Waals surface area (Å²) in [6.07, 6.45) is 2.07. The van der Waals surface area contributed by atoms with E-state index in [4.69, 9.17) is 0 Å². The van der Waals surface area contributed by atoms with E-state index in [-0.39, 0.29) is 18.4 Å². The number of nitrogens with one attached hydrogen (secondary N) is 2. The van der Waals surface area contributed by atoms with Gasteiger partial charge in [-0.05, 0) is 24.0 Å². The molecule has 0 fully saturated rings. The average molecular weight is 435 g/mol. The molecule has 31 heavy (non-hydrogen) atoms. The quantitative estimate of drug-likeness (QED) is 0.535. The van der Waals surface area contributed by atoms with Crippen molar-refractivity contribution in [2.75, 3.05) is 5.32 Å². The van der Waals surface area contributed by atoms with Gasteiger partial charge < -0.3 is 10.6 Å². The number of rotatable bonds is 9. The summed E-state index contributed by atoms with van der Waals surface area (Å²) >= 11 is 1.77. The number of hydrogen-bond donors (Lipinski definition) is 2. The van der Waals surface area contributed by atoms with Gasteiger partial charge in [-0.3, -0.25) is 9.59 Å². The molecule has 0 bridgehead atoms. The fourth-order valence-electron chi connectivity index (χ4n) is 3.60. The zero-order chi connectivity index (χ0) is 21.5. The van der Waals surface area contributed by atoms with Gasteiger partial charge in [-0.25, -0.2) is 4.68 Å². The molecule has 0 saturated carbocycles. The summed E-state index contributed by atoms with van der Waals surface area (Å²) < 4.78 is 1.64. The van der Waals surface area contributed by atoms with Crippen molar-refractivity contribution in [3.63, 3.8) is 0 Å². The van der Waals surface area contributed by atoms with Gasteiger partial charge in [0, 0.05) is 30.0 Å². The summed E-state index contributed by atoms with van der Waals surface area (Å²) in [5.74, 6) is 2.11. The fourth-order valence-corrected chi connectivity index (χ4v) is 4.64. The second-order valence-corrected chi connectivity index (χ2v) is 8.56. The molecule has 0 saturated heterocycles. The minimum Gasteiger partial charge on any atom is -0.350 e. The molecule has 3 aromatic rings. The monoisotopic (exact) mass is 434 g/mol. The number of carbonyl (C=O) groups is 2. The lowest BCUT2D eigenvalue weighted by molar-refractivity contribution is -0.122. The molecule has 0 radical (unpaired) electrons. The van der Waals surface area contributed by atoms with E-state index < -0.39 is 0 Å². The van der Waals surface area contributed by atoms with E-state index in [9.17, 15) is 9.59 Å². The number of thioether (sulfide) groups is 1. The molecular formula is C24H26N4O2S. The molecule has 0 aliphatic carbocycles. The maximum atomic E-state index is 12.6. The summed E-state index contributed by atoms with van der Waals surface area (Å²) in [7, 11) is 0. The van der Waals surface area contributed by atoms with E-state index in [1.165, 1.54) is 5.56 Å². The van der Waals surface area contributed by atoms with E-state index in [0.29, 0.717) is 18.8 Å². The van der Waals surface area contributed by atoms with Crippen molar-refractivity contribution in [3.8, 4) is 0 Å². The SMILES string of the molecule is O=C(Cn1nc2c(c1NC(=O)CCCc1ccccc1)CSC2)NCc1ccccc1. The van der Waals surface area contributed by atoms with Gasteiger partial charge in [-0.15, -0.1) is 0 Å². The molecule has 0 spiro atoms. The smallest absolute Gasteiger partial charge is 0.242 e. The Bertz CT molecular complexity index is 1030. The summed E-state index contributed by atoms with van der Waals surface area (Å²) in [5.41, 5.74) is 4.27. The molecule has 2 aromatic carbocycles. The predicted octanol–water partition coefficient (Wildman–Crippen LogP) is 3.91. The third kappa shape index (κ3) is 5.76. The Balaban J connectivity index is 1.34. The lowest BCUT2D eigenvalue weighted by Gasteiger charge is -2.11. The van der Waals surface area contributed by atoms with Crippen LogP contribution in [0.3, 0.4) is 0 Å². The van der Waals surface area contributed by atoms with Crippen LogP contribution in [0.25, 0.3) is 0 Å². The molecule has 1 aromatic heterocycles. The van der Waals surface area contributed by atoms with E-state index in [1.807, 2.05) is 48.5 Å². The summed E-state index contributed by atoms with van der Waals surface area (Å²) in [6, 6.07) is 20.0. The Morgan fingerprint density at radius 3 is 2.39 bits per heavy atom. The molecule has 1 aliphatic heterocycles. The fraction of sp³-hybridized carbons (Fsp3) is 0.292. The van der Waals surface area contributed by atoms with Crippen molar-refractivity contribution in [1.29, 1.82) is 0 Å². The second kappa shape index (κ2) is 10.3. The van der Waals surface area contributed by atoms with Gasteiger partial charge in [0.2, 0.25) is 11.8 Å². The van der Waals surface area contributed by atoms with Crippen LogP contribution in [0.5, 0.6) is 0 Å². The zero-order valence-corrected chi connectivity index (χ0v) is 18.2. The van der Waals surface area contributed by atoms with Crippen LogP contribution in [0.15, 0.2) is 60.7 Å². The number of aromatic nitrogens is 2. The first kappa shape index (κ1) is 21.2. The van der Waals surface area contributed by atoms with Gasteiger partial charge in [-0.1, -0.05) is 60.7 Å². The van der Waals surface area contributed by atoms with Gasteiger partial charge in [0.25, 0.3) is 0 Å². The van der Waals surface area contributed by atoms with Crippen LogP contribution in [-0.2, 0) is 40.6 Å². The number of benzene rings is 2. The third-order valence-electron chi connectivity index (χ3n) is 5.21. The maximum Gasteiger partial charge on any atom is 0.242 e. The highest BCUT2D eigenvalue weighted by Gasteiger charge is 2.24. The predicted molar refractivity (Wildman–Crippen MR) is 124 cm³/mol. The first-order chi connectivity index (χ1) is 15.2. The molecule has 6 nitrogen and oxygen atoms in total. The van der Waals surface area contributed by atoms with E-state index in [0.717, 1.165) is 41.2 Å². The van der Waals surface area contributed by atoms with Crippen molar-refractivity contribution < 1.29 is 9.59 Å². The Labute approximate surface area is 186 Å². The first-order valence-corrected chi connectivity index (χ1v) is 11.6. The van der Waals surface area contributed by atoms with Crippen molar-refractivity contribution in [2.24, 2.45) is 0 Å². The molecule has 2 amide bonds. The second-order valence-electron chi connectivity index (χ2n) is 7.57. The largest absolute Gasteiger partial charge is 0.350 e. The van der Waals surface area contributed by atoms with Gasteiger partial charge >= 0.3 is 0 Å². The number of hydrogen-bond acceptors (Lipinski definition) is 4. The van der Waals surface area contributed by atoms with Crippen LogP contribution in [0.2, 0.25) is 0 Å². The van der Waals surface area contributed by atoms with Crippen LogP contribution in [0.1, 0.15) is 35.2 Å². The molecule has 4 rings (SSSR count). The first-order valence-electron chi connectivity index (χ1n) is 10.5. The van der Waals surface area contributed by atoms with Crippen LogP contribution in [0, 0.1) is 0 Å². The van der Waals surface area contributed by atoms with Gasteiger partial charge in [0.15, 0.2) is 0 Å². The summed E-state index contributed by atoms with van der Waals surface area (Å²) in [5, 5.41) is 10.5. The number of fused-ring (bicyclic) bond motifs is 1. The number of aryl methyl sites for hydroxylation is 1. The van der Waals surface area contributed by atoms with Crippen molar-refractivity contribution in [2.45, 2.75) is 43.9 Å². The molecule has 0 atom stereocenters. The van der Waals surface area contributed by atoms with Crippen LogP contribution >= 0.6 is 11.8 Å². The number of nitrogens with zero attached hydrogens (tertiary/aromatic N) is 2. The third-order valence-corrected chi connectivity index (χ3v) is 6.19. The number of carbonyl (C=O) groups excluding carboxylic acids is 2. The average Bonchev–Trinajstić information content (AvgIpc) is 3.36. The highest BCUT2D eigenvalue weighted by atomic mass is 32.2. The Morgan fingerprint density at radius 2 is 1.65 bits per heavy atom.